The van der Waals surface area contributed by atoms with Crippen LogP contribution in [0.15, 0.2) is 48.7 Å². The molecule has 0 atom stereocenters. The van der Waals surface area contributed by atoms with Crippen LogP contribution in [0.5, 0.6) is 0 Å². The summed E-state index contributed by atoms with van der Waals surface area (Å²) in [5.74, 6) is 0.175. The standard InChI is InChI=1S/C15H13NOS/c1-11-6-7-15(18-11)14(17)10-16-9-8-12-4-2-3-5-13(12)16/h2-9H,10H2,1H3. The number of fused-ring (bicyclic) bond motifs is 1. The first-order chi connectivity index (χ1) is 8.74. The molecular weight excluding hydrogens is 242 g/mol. The predicted molar refractivity (Wildman–Crippen MR) is 75.3 cm³/mol. The Hall–Kier alpha value is -1.87. The second-order valence-corrected chi connectivity index (χ2v) is 5.62. The Balaban J connectivity index is 1.90. The summed E-state index contributed by atoms with van der Waals surface area (Å²) < 4.78 is 2.01. The van der Waals surface area contributed by atoms with E-state index in [0.29, 0.717) is 6.54 Å². The number of Topliss-reactive ketones (excluding diaryl/α,β-unsaturated/α-hetero) is 1. The highest BCUT2D eigenvalue weighted by molar-refractivity contribution is 7.14. The summed E-state index contributed by atoms with van der Waals surface area (Å²) in [7, 11) is 0. The van der Waals surface area contributed by atoms with Gasteiger partial charge in [-0.25, -0.2) is 0 Å². The molecule has 0 aliphatic carbocycles. The lowest BCUT2D eigenvalue weighted by molar-refractivity contribution is 0.0977. The van der Waals surface area contributed by atoms with Crippen molar-refractivity contribution in [2.24, 2.45) is 0 Å². The van der Waals surface area contributed by atoms with Gasteiger partial charge in [-0.2, -0.15) is 0 Å². The molecule has 0 aliphatic rings. The van der Waals surface area contributed by atoms with Crippen LogP contribution in [0.2, 0.25) is 0 Å². The average Bonchev–Trinajstić information content (AvgIpc) is 2.97. The first kappa shape index (κ1) is 11.2. The van der Waals surface area contributed by atoms with E-state index in [1.54, 1.807) is 11.3 Å². The Labute approximate surface area is 109 Å². The average molecular weight is 255 g/mol. The van der Waals surface area contributed by atoms with Crippen molar-refractivity contribution in [1.82, 2.24) is 4.57 Å². The smallest absolute Gasteiger partial charge is 0.192 e. The summed E-state index contributed by atoms with van der Waals surface area (Å²) in [6.45, 7) is 2.43. The molecule has 18 heavy (non-hydrogen) atoms. The van der Waals surface area contributed by atoms with E-state index in [0.717, 1.165) is 10.4 Å². The monoisotopic (exact) mass is 255 g/mol. The number of para-hydroxylation sites is 1. The van der Waals surface area contributed by atoms with Gasteiger partial charge in [0, 0.05) is 16.6 Å². The number of thiophene rings is 1. The molecular formula is C15H13NOS. The largest absolute Gasteiger partial charge is 0.340 e. The van der Waals surface area contributed by atoms with Crippen molar-refractivity contribution in [2.75, 3.05) is 0 Å². The number of nitrogens with zero attached hydrogens (tertiary/aromatic N) is 1. The molecule has 0 saturated heterocycles. The Morgan fingerprint density at radius 3 is 2.78 bits per heavy atom. The van der Waals surface area contributed by atoms with Crippen LogP contribution in [-0.2, 0) is 6.54 Å². The summed E-state index contributed by atoms with van der Waals surface area (Å²) in [5.41, 5.74) is 1.11. The summed E-state index contributed by atoms with van der Waals surface area (Å²) >= 11 is 1.56. The van der Waals surface area contributed by atoms with Crippen LogP contribution in [0.4, 0.5) is 0 Å². The fourth-order valence-electron chi connectivity index (χ4n) is 2.10. The van der Waals surface area contributed by atoms with Crippen molar-refractivity contribution in [3.8, 4) is 0 Å². The minimum Gasteiger partial charge on any atom is -0.340 e. The Morgan fingerprint density at radius 1 is 1.17 bits per heavy atom. The Morgan fingerprint density at radius 2 is 2.00 bits per heavy atom. The van der Waals surface area contributed by atoms with Gasteiger partial charge in [-0.1, -0.05) is 18.2 Å². The molecule has 0 aliphatic heterocycles. The van der Waals surface area contributed by atoms with Gasteiger partial charge in [0.2, 0.25) is 0 Å². The van der Waals surface area contributed by atoms with Gasteiger partial charge < -0.3 is 4.57 Å². The normalized spacial score (nSPS) is 10.9. The van der Waals surface area contributed by atoms with Crippen LogP contribution >= 0.6 is 11.3 Å². The zero-order chi connectivity index (χ0) is 12.5. The van der Waals surface area contributed by atoms with E-state index < -0.39 is 0 Å². The van der Waals surface area contributed by atoms with Crippen LogP contribution < -0.4 is 0 Å². The molecule has 2 nitrogen and oxygen atoms in total. The molecule has 0 radical (unpaired) electrons. The van der Waals surface area contributed by atoms with Crippen LogP contribution in [0.3, 0.4) is 0 Å². The molecule has 0 N–H and O–H groups in total. The summed E-state index contributed by atoms with van der Waals surface area (Å²) in [5, 5.41) is 1.17. The molecule has 0 amide bonds. The first-order valence-corrected chi connectivity index (χ1v) is 6.69. The zero-order valence-corrected chi connectivity index (χ0v) is 10.9. The van der Waals surface area contributed by atoms with E-state index in [9.17, 15) is 4.79 Å². The molecule has 3 heteroatoms. The van der Waals surface area contributed by atoms with Crippen LogP contribution in [-0.4, -0.2) is 10.4 Å². The highest BCUT2D eigenvalue weighted by Crippen LogP contribution is 2.19. The third-order valence-corrected chi connectivity index (χ3v) is 4.05. The lowest BCUT2D eigenvalue weighted by atomic mass is 10.2. The molecule has 1 aromatic carbocycles. The molecule has 0 saturated carbocycles. The fourth-order valence-corrected chi connectivity index (χ4v) is 2.89. The van der Waals surface area contributed by atoms with Gasteiger partial charge in [0.1, 0.15) is 0 Å². The van der Waals surface area contributed by atoms with Gasteiger partial charge in [-0.3, -0.25) is 4.79 Å². The number of carbonyl (C=O) groups excluding carboxylic acids is 1. The summed E-state index contributed by atoms with van der Waals surface area (Å²) in [6.07, 6.45) is 1.98. The lowest BCUT2D eigenvalue weighted by Crippen LogP contribution is -2.07. The number of carbonyl (C=O) groups is 1. The van der Waals surface area contributed by atoms with Crippen molar-refractivity contribution in [3.63, 3.8) is 0 Å². The first-order valence-electron chi connectivity index (χ1n) is 5.87. The van der Waals surface area contributed by atoms with Crippen LogP contribution in [0.25, 0.3) is 10.9 Å². The second-order valence-electron chi connectivity index (χ2n) is 4.34. The van der Waals surface area contributed by atoms with Gasteiger partial charge in [0.25, 0.3) is 0 Å². The second kappa shape index (κ2) is 4.42. The minimum absolute atomic E-state index is 0.175. The maximum Gasteiger partial charge on any atom is 0.192 e. The maximum atomic E-state index is 12.2. The SMILES string of the molecule is Cc1ccc(C(=O)Cn2ccc3ccccc32)s1. The fraction of sp³-hybridized carbons (Fsp3) is 0.133. The number of hydrogen-bond donors (Lipinski definition) is 0. The van der Waals surface area contributed by atoms with Gasteiger partial charge in [0.05, 0.1) is 11.4 Å². The van der Waals surface area contributed by atoms with Crippen molar-refractivity contribution in [1.29, 1.82) is 0 Å². The van der Waals surface area contributed by atoms with E-state index in [1.807, 2.05) is 54.1 Å². The number of benzene rings is 1. The number of ketones is 1. The van der Waals surface area contributed by atoms with E-state index in [-0.39, 0.29) is 5.78 Å². The Kier molecular flexibility index (Phi) is 2.76. The lowest BCUT2D eigenvalue weighted by Gasteiger charge is -2.03. The third kappa shape index (κ3) is 1.97. The van der Waals surface area contributed by atoms with Gasteiger partial charge >= 0.3 is 0 Å². The van der Waals surface area contributed by atoms with E-state index in [1.165, 1.54) is 10.3 Å². The predicted octanol–water partition coefficient (Wildman–Crippen LogP) is 3.89. The Bertz CT molecular complexity index is 708. The molecule has 2 heterocycles. The number of aromatic nitrogens is 1. The molecule has 3 aromatic rings. The summed E-state index contributed by atoms with van der Waals surface area (Å²) in [4.78, 5) is 14.2. The van der Waals surface area contributed by atoms with Crippen LogP contribution in [0.1, 0.15) is 14.5 Å². The summed E-state index contributed by atoms with van der Waals surface area (Å²) in [6, 6.07) is 14.1. The van der Waals surface area contributed by atoms with E-state index >= 15 is 0 Å². The molecule has 0 unspecified atom stereocenters. The zero-order valence-electron chi connectivity index (χ0n) is 10.1. The molecule has 0 spiro atoms. The van der Waals surface area contributed by atoms with Crippen molar-refractivity contribution in [2.45, 2.75) is 13.5 Å². The van der Waals surface area contributed by atoms with Crippen LogP contribution in [0, 0.1) is 6.92 Å². The number of rotatable bonds is 3. The molecule has 2 aromatic heterocycles. The van der Waals surface area contributed by atoms with E-state index in [4.69, 9.17) is 0 Å². The molecule has 3 rings (SSSR count). The third-order valence-electron chi connectivity index (χ3n) is 3.01. The molecule has 0 fully saturated rings. The highest BCUT2D eigenvalue weighted by atomic mass is 32.1. The molecule has 90 valence electrons. The van der Waals surface area contributed by atoms with Crippen molar-refractivity contribution in [3.05, 3.63) is 58.4 Å². The van der Waals surface area contributed by atoms with Crippen molar-refractivity contribution < 1.29 is 4.79 Å². The highest BCUT2D eigenvalue weighted by Gasteiger charge is 2.10. The van der Waals surface area contributed by atoms with Crippen molar-refractivity contribution >= 4 is 28.0 Å². The van der Waals surface area contributed by atoms with Gasteiger partial charge in [0.15, 0.2) is 5.78 Å². The molecule has 0 bridgehead atoms. The topological polar surface area (TPSA) is 22.0 Å². The quantitative estimate of drug-likeness (QED) is 0.651. The van der Waals surface area contributed by atoms with Gasteiger partial charge in [-0.15, -0.1) is 11.3 Å². The van der Waals surface area contributed by atoms with E-state index in [2.05, 4.69) is 6.07 Å². The number of hydrogen-bond acceptors (Lipinski definition) is 2. The van der Waals surface area contributed by atoms with Gasteiger partial charge in [-0.05, 0) is 36.6 Å². The number of aryl methyl sites for hydroxylation is 1. The maximum absolute atomic E-state index is 12.2. The minimum atomic E-state index is 0.175.